The molecule has 2 aliphatic heterocycles. The highest BCUT2D eigenvalue weighted by molar-refractivity contribution is 14.0. The molecule has 0 bridgehead atoms. The molecule has 3 rings (SSSR count). The van der Waals surface area contributed by atoms with Gasteiger partial charge in [-0.25, -0.2) is 0 Å². The van der Waals surface area contributed by atoms with Gasteiger partial charge in [0.25, 0.3) is 11.8 Å². The van der Waals surface area contributed by atoms with Crippen LogP contribution in [0.4, 0.5) is 0 Å². The van der Waals surface area contributed by atoms with E-state index in [2.05, 4.69) is 20.5 Å². The van der Waals surface area contributed by atoms with Crippen molar-refractivity contribution in [1.29, 1.82) is 0 Å². The molecule has 0 saturated carbocycles. The third-order valence-electron chi connectivity index (χ3n) is 5.22. The number of halogens is 1. The van der Waals surface area contributed by atoms with Crippen LogP contribution in [0.5, 0.6) is 5.75 Å². The number of nitrogens with one attached hydrogen (secondary N) is 2. The van der Waals surface area contributed by atoms with Gasteiger partial charge in [-0.3, -0.25) is 14.6 Å². The number of guanidine groups is 1. The van der Waals surface area contributed by atoms with Crippen molar-refractivity contribution in [3.05, 3.63) is 29.8 Å². The third kappa shape index (κ3) is 7.23. The number of phenols is 1. The smallest absolute Gasteiger partial charge is 0.251 e. The van der Waals surface area contributed by atoms with Crippen LogP contribution in [-0.4, -0.2) is 91.2 Å². The van der Waals surface area contributed by atoms with Gasteiger partial charge in [0.15, 0.2) is 5.96 Å². The van der Waals surface area contributed by atoms with Crippen LogP contribution < -0.4 is 10.6 Å². The van der Waals surface area contributed by atoms with E-state index in [4.69, 9.17) is 4.74 Å². The molecule has 0 spiro atoms. The molecule has 3 N–H and O–H groups in total. The van der Waals surface area contributed by atoms with Gasteiger partial charge in [0, 0.05) is 51.4 Å². The summed E-state index contributed by atoms with van der Waals surface area (Å²) in [6.45, 7) is 7.02. The number of nitrogens with zero attached hydrogens (tertiary/aromatic N) is 3. The number of carbonyl (C=O) groups is 2. The molecule has 1 unspecified atom stereocenters. The van der Waals surface area contributed by atoms with Gasteiger partial charge in [-0.15, -0.1) is 24.0 Å². The number of piperazine rings is 1. The summed E-state index contributed by atoms with van der Waals surface area (Å²) in [6.07, 6.45) is 1.51. The highest BCUT2D eigenvalue weighted by Gasteiger charge is 2.30. The van der Waals surface area contributed by atoms with Crippen LogP contribution in [0.1, 0.15) is 30.1 Å². The van der Waals surface area contributed by atoms with Crippen LogP contribution in [0.3, 0.4) is 0 Å². The molecular weight excluding hydrogens is 513 g/mol. The molecule has 2 saturated heterocycles. The number of phenolic OH excluding ortho intramolecular Hbond substituents is 1. The predicted octanol–water partition coefficient (Wildman–Crippen LogP) is 1.03. The SMILES string of the molecule is CCNC(=NCCNC(=O)c1ccc(O)cc1)N1CCN(C(=O)C2CCCO2)CC1.I. The largest absolute Gasteiger partial charge is 0.508 e. The van der Waals surface area contributed by atoms with Crippen molar-refractivity contribution in [1.82, 2.24) is 20.4 Å². The summed E-state index contributed by atoms with van der Waals surface area (Å²) >= 11 is 0. The average molecular weight is 545 g/mol. The number of aromatic hydroxyl groups is 1. The van der Waals surface area contributed by atoms with E-state index in [1.54, 1.807) is 12.1 Å². The highest BCUT2D eigenvalue weighted by atomic mass is 127. The van der Waals surface area contributed by atoms with Gasteiger partial charge in [-0.1, -0.05) is 0 Å². The van der Waals surface area contributed by atoms with Crippen LogP contribution in [0.2, 0.25) is 0 Å². The van der Waals surface area contributed by atoms with E-state index in [1.807, 2.05) is 11.8 Å². The number of hydrogen-bond acceptors (Lipinski definition) is 5. The van der Waals surface area contributed by atoms with Crippen molar-refractivity contribution in [3.8, 4) is 5.75 Å². The van der Waals surface area contributed by atoms with Crippen molar-refractivity contribution >= 4 is 41.8 Å². The fraction of sp³-hybridized carbons (Fsp3) is 0.571. The minimum atomic E-state index is -0.268. The number of amides is 2. The van der Waals surface area contributed by atoms with Gasteiger partial charge < -0.3 is 30.3 Å². The monoisotopic (exact) mass is 545 g/mol. The van der Waals surface area contributed by atoms with Gasteiger partial charge in [0.1, 0.15) is 11.9 Å². The van der Waals surface area contributed by atoms with Crippen LogP contribution in [0, 0.1) is 0 Å². The van der Waals surface area contributed by atoms with Gasteiger partial charge in [0.05, 0.1) is 6.54 Å². The first-order chi connectivity index (χ1) is 14.6. The minimum Gasteiger partial charge on any atom is -0.508 e. The summed E-state index contributed by atoms with van der Waals surface area (Å²) in [5.41, 5.74) is 0.496. The Kier molecular flexibility index (Phi) is 10.3. The van der Waals surface area contributed by atoms with Crippen molar-refractivity contribution in [2.75, 3.05) is 52.4 Å². The third-order valence-corrected chi connectivity index (χ3v) is 5.22. The zero-order chi connectivity index (χ0) is 21.3. The Morgan fingerprint density at radius 3 is 2.42 bits per heavy atom. The Hall–Kier alpha value is -2.08. The Morgan fingerprint density at radius 1 is 1.13 bits per heavy atom. The highest BCUT2D eigenvalue weighted by Crippen LogP contribution is 2.16. The fourth-order valence-electron chi connectivity index (χ4n) is 3.59. The average Bonchev–Trinajstić information content (AvgIpc) is 3.31. The van der Waals surface area contributed by atoms with E-state index in [0.29, 0.717) is 51.4 Å². The lowest BCUT2D eigenvalue weighted by Crippen LogP contribution is -2.55. The van der Waals surface area contributed by atoms with E-state index in [1.165, 1.54) is 12.1 Å². The normalized spacial score (nSPS) is 19.0. The summed E-state index contributed by atoms with van der Waals surface area (Å²) < 4.78 is 5.52. The first-order valence-corrected chi connectivity index (χ1v) is 10.6. The number of aliphatic imine (C=N–C) groups is 1. The van der Waals surface area contributed by atoms with Gasteiger partial charge >= 0.3 is 0 Å². The Labute approximate surface area is 200 Å². The molecule has 1 aromatic rings. The summed E-state index contributed by atoms with van der Waals surface area (Å²) in [4.78, 5) is 33.3. The summed E-state index contributed by atoms with van der Waals surface area (Å²) in [5.74, 6) is 0.826. The number of rotatable bonds is 6. The van der Waals surface area contributed by atoms with Crippen LogP contribution >= 0.6 is 24.0 Å². The van der Waals surface area contributed by atoms with Crippen LogP contribution in [-0.2, 0) is 9.53 Å². The zero-order valence-electron chi connectivity index (χ0n) is 17.9. The molecule has 2 amide bonds. The molecule has 0 aliphatic carbocycles. The van der Waals surface area contributed by atoms with Gasteiger partial charge in [-0.2, -0.15) is 0 Å². The summed E-state index contributed by atoms with van der Waals surface area (Å²) in [6, 6.07) is 6.13. The van der Waals surface area contributed by atoms with E-state index in [0.717, 1.165) is 25.3 Å². The van der Waals surface area contributed by atoms with Gasteiger partial charge in [-0.05, 0) is 44.0 Å². The van der Waals surface area contributed by atoms with Crippen molar-refractivity contribution in [3.63, 3.8) is 0 Å². The maximum absolute atomic E-state index is 12.5. The number of benzene rings is 1. The molecule has 2 heterocycles. The maximum Gasteiger partial charge on any atom is 0.251 e. The molecule has 172 valence electrons. The quantitative estimate of drug-likeness (QED) is 0.214. The lowest BCUT2D eigenvalue weighted by Gasteiger charge is -2.37. The first-order valence-electron chi connectivity index (χ1n) is 10.6. The molecule has 31 heavy (non-hydrogen) atoms. The molecule has 10 heteroatoms. The second kappa shape index (κ2) is 12.7. The topological polar surface area (TPSA) is 106 Å². The molecule has 2 aliphatic rings. The first kappa shape index (κ1) is 25.2. The lowest BCUT2D eigenvalue weighted by atomic mass is 10.2. The van der Waals surface area contributed by atoms with Crippen molar-refractivity contribution in [2.24, 2.45) is 4.99 Å². The Balaban J connectivity index is 0.00000341. The molecule has 0 aromatic heterocycles. The summed E-state index contributed by atoms with van der Waals surface area (Å²) in [7, 11) is 0. The number of ether oxygens (including phenoxy) is 1. The second-order valence-electron chi connectivity index (χ2n) is 7.35. The Morgan fingerprint density at radius 2 is 1.81 bits per heavy atom. The van der Waals surface area contributed by atoms with Crippen molar-refractivity contribution < 1.29 is 19.4 Å². The molecular formula is C21H32IN5O4. The molecule has 0 radical (unpaired) electrons. The van der Waals surface area contributed by atoms with E-state index >= 15 is 0 Å². The van der Waals surface area contributed by atoms with Crippen LogP contribution in [0.15, 0.2) is 29.3 Å². The molecule has 1 atom stereocenters. The predicted molar refractivity (Wildman–Crippen MR) is 129 cm³/mol. The van der Waals surface area contributed by atoms with E-state index < -0.39 is 0 Å². The van der Waals surface area contributed by atoms with Crippen LogP contribution in [0.25, 0.3) is 0 Å². The fourth-order valence-corrected chi connectivity index (χ4v) is 3.59. The molecule has 2 fully saturated rings. The Bertz CT molecular complexity index is 745. The lowest BCUT2D eigenvalue weighted by molar-refractivity contribution is -0.142. The maximum atomic E-state index is 12.5. The zero-order valence-corrected chi connectivity index (χ0v) is 20.2. The van der Waals surface area contributed by atoms with E-state index in [9.17, 15) is 14.7 Å². The van der Waals surface area contributed by atoms with Gasteiger partial charge in [0.2, 0.25) is 0 Å². The number of carbonyl (C=O) groups excluding carboxylic acids is 2. The van der Waals surface area contributed by atoms with Crippen molar-refractivity contribution in [2.45, 2.75) is 25.9 Å². The molecule has 1 aromatic carbocycles. The minimum absolute atomic E-state index is 0. The summed E-state index contributed by atoms with van der Waals surface area (Å²) in [5, 5.41) is 15.4. The number of hydrogen-bond donors (Lipinski definition) is 3. The second-order valence-corrected chi connectivity index (χ2v) is 7.35. The molecule has 9 nitrogen and oxygen atoms in total. The van der Waals surface area contributed by atoms with E-state index in [-0.39, 0.29) is 47.6 Å². The standard InChI is InChI=1S/C21H31N5O4.HI/c1-2-22-21(24-10-9-23-19(28)16-5-7-17(27)8-6-16)26-13-11-25(12-14-26)20(29)18-4-3-15-30-18;/h5-8,18,27H,2-4,9-15H2,1H3,(H,22,24)(H,23,28);1H.